The summed E-state index contributed by atoms with van der Waals surface area (Å²) in [5.41, 5.74) is 0. The third-order valence-electron chi connectivity index (χ3n) is 7.12. The molecule has 9 nitrogen and oxygen atoms in total. The van der Waals surface area contributed by atoms with Crippen molar-refractivity contribution in [3.63, 3.8) is 0 Å². The zero-order chi connectivity index (χ0) is 35.1. The lowest BCUT2D eigenvalue weighted by molar-refractivity contribution is -0.191. The van der Waals surface area contributed by atoms with Crippen LogP contribution in [0.1, 0.15) is 117 Å². The standard InChI is InChI=1S/C36H47Cl3O9/c1-3-5-7-9-11-14-34(42)47-36(48-35(43)15-12-10-8-6-4-2)22-23-44-32(40)16-13-17-33(41)46-31-25-27(38)19-21-30(31)45-29-20-18-26(37)24-28(29)39/h18-21,24-25,36H,3-17,22-23H2,1-2H3. The van der Waals surface area contributed by atoms with Crippen LogP contribution in [0.3, 0.4) is 0 Å². The predicted octanol–water partition coefficient (Wildman–Crippen LogP) is 10.6. The van der Waals surface area contributed by atoms with Crippen LogP contribution >= 0.6 is 34.8 Å². The fourth-order valence-corrected chi connectivity index (χ4v) is 5.12. The molecule has 0 aromatic heterocycles. The van der Waals surface area contributed by atoms with E-state index in [4.69, 9.17) is 58.5 Å². The normalized spacial score (nSPS) is 10.9. The molecule has 0 aliphatic rings. The molecule has 0 unspecified atom stereocenters. The summed E-state index contributed by atoms with van der Waals surface area (Å²) in [7, 11) is 0. The van der Waals surface area contributed by atoms with Gasteiger partial charge in [-0.05, 0) is 49.6 Å². The number of hydrogen-bond acceptors (Lipinski definition) is 9. The van der Waals surface area contributed by atoms with Gasteiger partial charge in [0, 0.05) is 41.8 Å². The van der Waals surface area contributed by atoms with Crippen LogP contribution in [0.2, 0.25) is 15.1 Å². The Morgan fingerprint density at radius 1 is 0.583 bits per heavy atom. The number of halogens is 3. The molecule has 0 bridgehead atoms. The summed E-state index contributed by atoms with van der Waals surface area (Å²) in [6.45, 7) is 4.11. The summed E-state index contributed by atoms with van der Waals surface area (Å²) in [5.74, 6) is -1.49. The molecule has 0 saturated carbocycles. The molecule has 0 heterocycles. The number of esters is 4. The van der Waals surface area contributed by atoms with E-state index >= 15 is 0 Å². The molecule has 0 aliphatic carbocycles. The lowest BCUT2D eigenvalue weighted by Crippen LogP contribution is -2.26. The summed E-state index contributed by atoms with van der Waals surface area (Å²) >= 11 is 18.2. The van der Waals surface area contributed by atoms with Gasteiger partial charge in [-0.1, -0.05) is 100 Å². The Kier molecular flexibility index (Phi) is 20.7. The maximum atomic E-state index is 12.6. The summed E-state index contributed by atoms with van der Waals surface area (Å²) in [5, 5.41) is 1.03. The van der Waals surface area contributed by atoms with E-state index in [0.29, 0.717) is 28.6 Å². The highest BCUT2D eigenvalue weighted by molar-refractivity contribution is 6.35. The molecule has 0 atom stereocenters. The van der Waals surface area contributed by atoms with Gasteiger partial charge in [-0.2, -0.15) is 0 Å². The molecule has 48 heavy (non-hydrogen) atoms. The Labute approximate surface area is 298 Å². The first kappa shape index (κ1) is 41.2. The molecule has 2 aromatic carbocycles. The molecule has 0 spiro atoms. The van der Waals surface area contributed by atoms with Gasteiger partial charge >= 0.3 is 23.9 Å². The largest absolute Gasteiger partial charge is 0.465 e. The highest BCUT2D eigenvalue weighted by Crippen LogP contribution is 2.37. The molecule has 2 rings (SSSR count). The number of unbranched alkanes of at least 4 members (excludes halogenated alkanes) is 8. The molecule has 0 radical (unpaired) electrons. The lowest BCUT2D eigenvalue weighted by atomic mass is 10.1. The zero-order valence-corrected chi connectivity index (χ0v) is 30.1. The van der Waals surface area contributed by atoms with Gasteiger partial charge in [-0.25, -0.2) is 0 Å². The van der Waals surface area contributed by atoms with Crippen LogP contribution in [0.5, 0.6) is 17.2 Å². The molecule has 2 aromatic rings. The Bertz CT molecular complexity index is 1270. The van der Waals surface area contributed by atoms with Gasteiger partial charge in [0.2, 0.25) is 0 Å². The second-order valence-corrected chi connectivity index (χ2v) is 12.6. The third kappa shape index (κ3) is 17.9. The second-order valence-electron chi connectivity index (χ2n) is 11.3. The summed E-state index contributed by atoms with van der Waals surface area (Å²) in [6, 6.07) is 9.25. The van der Waals surface area contributed by atoms with Crippen molar-refractivity contribution in [1.29, 1.82) is 0 Å². The van der Waals surface area contributed by atoms with E-state index in [1.807, 2.05) is 0 Å². The summed E-state index contributed by atoms with van der Waals surface area (Å²) < 4.78 is 27.4. The van der Waals surface area contributed by atoms with Gasteiger partial charge in [-0.3, -0.25) is 19.2 Å². The van der Waals surface area contributed by atoms with E-state index in [1.165, 1.54) is 18.2 Å². The molecule has 0 aliphatic heterocycles. The molecular formula is C36H47Cl3O9. The van der Waals surface area contributed by atoms with Gasteiger partial charge in [0.25, 0.3) is 6.29 Å². The van der Waals surface area contributed by atoms with E-state index in [-0.39, 0.29) is 61.7 Å². The highest BCUT2D eigenvalue weighted by Gasteiger charge is 2.20. The average molecular weight is 730 g/mol. The van der Waals surface area contributed by atoms with E-state index in [1.54, 1.807) is 18.2 Å². The smallest absolute Gasteiger partial charge is 0.311 e. The summed E-state index contributed by atoms with van der Waals surface area (Å²) in [4.78, 5) is 49.7. The first-order chi connectivity index (χ1) is 23.1. The number of carbonyl (C=O) groups excluding carboxylic acids is 4. The maximum Gasteiger partial charge on any atom is 0.311 e. The van der Waals surface area contributed by atoms with Crippen molar-refractivity contribution in [3.8, 4) is 17.2 Å². The van der Waals surface area contributed by atoms with Crippen LogP contribution in [-0.2, 0) is 33.4 Å². The minimum absolute atomic E-state index is 0.00606. The van der Waals surface area contributed by atoms with E-state index in [0.717, 1.165) is 51.4 Å². The van der Waals surface area contributed by atoms with Crippen LogP contribution in [0.4, 0.5) is 0 Å². The van der Waals surface area contributed by atoms with Gasteiger partial charge < -0.3 is 23.7 Å². The second kappa shape index (κ2) is 24.2. The summed E-state index contributed by atoms with van der Waals surface area (Å²) in [6.07, 6.45) is 9.05. The van der Waals surface area contributed by atoms with Crippen molar-refractivity contribution in [2.24, 2.45) is 0 Å². The zero-order valence-electron chi connectivity index (χ0n) is 27.9. The molecule has 0 amide bonds. The fourth-order valence-electron chi connectivity index (χ4n) is 4.51. The first-order valence-corrected chi connectivity index (χ1v) is 17.9. The number of benzene rings is 2. The van der Waals surface area contributed by atoms with Crippen LogP contribution in [0.25, 0.3) is 0 Å². The quantitative estimate of drug-likeness (QED) is 0.0450. The van der Waals surface area contributed by atoms with Crippen molar-refractivity contribution < 1.29 is 42.9 Å². The third-order valence-corrected chi connectivity index (χ3v) is 7.88. The monoisotopic (exact) mass is 728 g/mol. The van der Waals surface area contributed by atoms with E-state index in [2.05, 4.69) is 13.8 Å². The van der Waals surface area contributed by atoms with Crippen molar-refractivity contribution in [3.05, 3.63) is 51.5 Å². The Hall–Kier alpha value is -3.01. The first-order valence-electron chi connectivity index (χ1n) is 16.8. The number of hydrogen-bond donors (Lipinski definition) is 0. The molecule has 0 fully saturated rings. The SMILES string of the molecule is CCCCCCCC(=O)OC(CCOC(=O)CCCC(=O)Oc1cc(Cl)ccc1Oc1ccc(Cl)cc1Cl)OC(=O)CCCCCCC. The minimum Gasteiger partial charge on any atom is -0.465 e. The van der Waals surface area contributed by atoms with Crippen molar-refractivity contribution in [2.75, 3.05) is 6.61 Å². The molecule has 12 heteroatoms. The van der Waals surface area contributed by atoms with Crippen LogP contribution in [-0.4, -0.2) is 36.8 Å². The van der Waals surface area contributed by atoms with E-state index < -0.39 is 30.2 Å². The topological polar surface area (TPSA) is 114 Å². The molecular weight excluding hydrogens is 683 g/mol. The van der Waals surface area contributed by atoms with Crippen LogP contribution < -0.4 is 9.47 Å². The Morgan fingerprint density at radius 3 is 1.69 bits per heavy atom. The van der Waals surface area contributed by atoms with Crippen LogP contribution in [0.15, 0.2) is 36.4 Å². The highest BCUT2D eigenvalue weighted by atomic mass is 35.5. The Morgan fingerprint density at radius 2 is 1.10 bits per heavy atom. The van der Waals surface area contributed by atoms with Gasteiger partial charge in [0.05, 0.1) is 18.1 Å². The van der Waals surface area contributed by atoms with E-state index in [9.17, 15) is 19.2 Å². The molecule has 0 N–H and O–H groups in total. The van der Waals surface area contributed by atoms with Crippen LogP contribution in [0, 0.1) is 0 Å². The Balaban J connectivity index is 1.80. The van der Waals surface area contributed by atoms with Crippen molar-refractivity contribution in [2.45, 2.75) is 123 Å². The molecule has 0 saturated heterocycles. The average Bonchev–Trinajstić information content (AvgIpc) is 3.03. The maximum absolute atomic E-state index is 12.6. The van der Waals surface area contributed by atoms with Gasteiger partial charge in [-0.15, -0.1) is 0 Å². The lowest BCUT2D eigenvalue weighted by Gasteiger charge is -2.18. The fraction of sp³-hybridized carbons (Fsp3) is 0.556. The minimum atomic E-state index is -1.14. The van der Waals surface area contributed by atoms with Crippen molar-refractivity contribution in [1.82, 2.24) is 0 Å². The number of ether oxygens (including phenoxy) is 5. The molecule has 266 valence electrons. The van der Waals surface area contributed by atoms with Crippen molar-refractivity contribution >= 4 is 58.7 Å². The number of rotatable bonds is 24. The van der Waals surface area contributed by atoms with Gasteiger partial charge in [0.1, 0.15) is 5.75 Å². The predicted molar refractivity (Wildman–Crippen MR) is 186 cm³/mol. The number of carbonyl (C=O) groups is 4. The van der Waals surface area contributed by atoms with Gasteiger partial charge in [0.15, 0.2) is 11.5 Å².